The van der Waals surface area contributed by atoms with Crippen LogP contribution < -0.4 is 5.32 Å². The van der Waals surface area contributed by atoms with E-state index in [1.807, 2.05) is 0 Å². The Morgan fingerprint density at radius 1 is 1.24 bits per heavy atom. The summed E-state index contributed by atoms with van der Waals surface area (Å²) >= 11 is 3.47. The molecule has 92 valence electrons. The first-order valence-electron chi connectivity index (χ1n) is 6.42. The van der Waals surface area contributed by atoms with Crippen molar-refractivity contribution in [2.45, 2.75) is 38.1 Å². The monoisotopic (exact) mass is 293 g/mol. The molecule has 0 aromatic heterocycles. The van der Waals surface area contributed by atoms with E-state index in [9.17, 15) is 0 Å². The summed E-state index contributed by atoms with van der Waals surface area (Å²) in [5.41, 5.74) is 1.23. The Kier molecular flexibility index (Phi) is 4.66. The van der Waals surface area contributed by atoms with Crippen molar-refractivity contribution in [3.05, 3.63) is 41.4 Å². The van der Waals surface area contributed by atoms with Gasteiger partial charge < -0.3 is 5.32 Å². The van der Waals surface area contributed by atoms with Crippen LogP contribution in [0.3, 0.4) is 0 Å². The summed E-state index contributed by atoms with van der Waals surface area (Å²) in [6, 6.07) is 9.08. The van der Waals surface area contributed by atoms with Crippen molar-refractivity contribution in [2.24, 2.45) is 5.92 Å². The second-order valence-electron chi connectivity index (χ2n) is 4.83. The molecule has 1 nitrogen and oxygen atoms in total. The van der Waals surface area contributed by atoms with E-state index in [1.54, 1.807) is 0 Å². The maximum atomic E-state index is 3.87. The van der Waals surface area contributed by atoms with Crippen LogP contribution in [0.15, 0.2) is 41.4 Å². The Morgan fingerprint density at radius 2 is 1.94 bits per heavy atom. The van der Waals surface area contributed by atoms with E-state index < -0.39 is 0 Å². The van der Waals surface area contributed by atoms with Gasteiger partial charge in [0.15, 0.2) is 0 Å². The largest absolute Gasteiger partial charge is 0.382 e. The lowest BCUT2D eigenvalue weighted by molar-refractivity contribution is 0.328. The Balaban J connectivity index is 1.99. The van der Waals surface area contributed by atoms with Crippen molar-refractivity contribution in [2.75, 3.05) is 5.32 Å². The molecule has 2 heteroatoms. The average molecular weight is 294 g/mol. The molecule has 17 heavy (non-hydrogen) atoms. The summed E-state index contributed by atoms with van der Waals surface area (Å²) < 4.78 is 1.13. The third-order valence-electron chi connectivity index (χ3n) is 3.57. The summed E-state index contributed by atoms with van der Waals surface area (Å²) in [6.07, 6.45) is 8.54. The van der Waals surface area contributed by atoms with E-state index in [0.29, 0.717) is 6.04 Å². The topological polar surface area (TPSA) is 12.0 Å². The highest BCUT2D eigenvalue weighted by molar-refractivity contribution is 9.10. The minimum Gasteiger partial charge on any atom is -0.382 e. The predicted molar refractivity (Wildman–Crippen MR) is 78.3 cm³/mol. The minimum absolute atomic E-state index is 0.614. The molecule has 2 rings (SSSR count). The summed E-state index contributed by atoms with van der Waals surface area (Å²) in [5, 5.41) is 3.67. The standard InChI is InChI=1S/C15H20BrN/c1-2-5-12-6-3-4-7-15(12)17-14-10-8-13(16)9-11-14/h2,8-12,15,17H,1,3-7H2. The highest BCUT2D eigenvalue weighted by atomic mass is 79.9. The fourth-order valence-corrected chi connectivity index (χ4v) is 2.92. The molecular formula is C15H20BrN. The van der Waals surface area contributed by atoms with E-state index >= 15 is 0 Å². The number of anilines is 1. The van der Waals surface area contributed by atoms with Crippen LogP contribution in [0, 0.1) is 5.92 Å². The van der Waals surface area contributed by atoms with Crippen LogP contribution in [-0.4, -0.2) is 6.04 Å². The summed E-state index contributed by atoms with van der Waals surface area (Å²) in [5.74, 6) is 0.755. The molecule has 0 amide bonds. The summed E-state index contributed by atoms with van der Waals surface area (Å²) in [4.78, 5) is 0. The lowest BCUT2D eigenvalue weighted by atomic mass is 9.82. The van der Waals surface area contributed by atoms with Crippen molar-refractivity contribution < 1.29 is 0 Å². The highest BCUT2D eigenvalue weighted by Gasteiger charge is 2.23. The van der Waals surface area contributed by atoms with Crippen molar-refractivity contribution in [3.8, 4) is 0 Å². The minimum atomic E-state index is 0.614. The highest BCUT2D eigenvalue weighted by Crippen LogP contribution is 2.30. The molecular weight excluding hydrogens is 274 g/mol. The zero-order chi connectivity index (χ0) is 12.1. The second kappa shape index (κ2) is 6.25. The van der Waals surface area contributed by atoms with Gasteiger partial charge >= 0.3 is 0 Å². The zero-order valence-corrected chi connectivity index (χ0v) is 11.7. The zero-order valence-electron chi connectivity index (χ0n) is 10.2. The maximum Gasteiger partial charge on any atom is 0.0343 e. The van der Waals surface area contributed by atoms with Crippen LogP contribution in [0.1, 0.15) is 32.1 Å². The number of hydrogen-bond donors (Lipinski definition) is 1. The first-order chi connectivity index (χ1) is 8.29. The van der Waals surface area contributed by atoms with Crippen LogP contribution in [0.4, 0.5) is 5.69 Å². The van der Waals surface area contributed by atoms with Gasteiger partial charge in [0.25, 0.3) is 0 Å². The number of nitrogens with one attached hydrogen (secondary N) is 1. The Morgan fingerprint density at radius 3 is 2.65 bits per heavy atom. The fourth-order valence-electron chi connectivity index (χ4n) is 2.65. The van der Waals surface area contributed by atoms with Gasteiger partial charge in [0.2, 0.25) is 0 Å². The van der Waals surface area contributed by atoms with Crippen molar-refractivity contribution in [1.82, 2.24) is 0 Å². The molecule has 1 aromatic rings. The normalized spacial score (nSPS) is 24.3. The van der Waals surface area contributed by atoms with Gasteiger partial charge in [-0.2, -0.15) is 0 Å². The van der Waals surface area contributed by atoms with Gasteiger partial charge in [-0.3, -0.25) is 0 Å². The number of benzene rings is 1. The molecule has 0 saturated heterocycles. The van der Waals surface area contributed by atoms with Crippen LogP contribution in [0.2, 0.25) is 0 Å². The van der Waals surface area contributed by atoms with Crippen molar-refractivity contribution >= 4 is 21.6 Å². The Labute approximate surface area is 112 Å². The number of halogens is 1. The molecule has 2 unspecified atom stereocenters. The van der Waals surface area contributed by atoms with E-state index in [1.165, 1.54) is 31.4 Å². The molecule has 1 aliphatic rings. The van der Waals surface area contributed by atoms with Gasteiger partial charge in [-0.25, -0.2) is 0 Å². The van der Waals surface area contributed by atoms with Gasteiger partial charge in [-0.1, -0.05) is 34.8 Å². The van der Waals surface area contributed by atoms with Crippen LogP contribution in [0.25, 0.3) is 0 Å². The Bertz CT molecular complexity index is 358. The lowest BCUT2D eigenvalue weighted by Crippen LogP contribution is -2.31. The number of rotatable bonds is 4. The second-order valence-corrected chi connectivity index (χ2v) is 5.74. The van der Waals surface area contributed by atoms with Gasteiger partial charge in [0.05, 0.1) is 0 Å². The summed E-state index contributed by atoms with van der Waals surface area (Å²) in [7, 11) is 0. The molecule has 1 saturated carbocycles. The Hall–Kier alpha value is -0.760. The average Bonchev–Trinajstić information content (AvgIpc) is 2.35. The molecule has 1 aromatic carbocycles. The molecule has 0 bridgehead atoms. The summed E-state index contributed by atoms with van der Waals surface area (Å²) in [6.45, 7) is 3.87. The molecule has 0 aliphatic heterocycles. The van der Waals surface area contributed by atoms with E-state index in [0.717, 1.165) is 16.8 Å². The maximum absolute atomic E-state index is 3.87. The van der Waals surface area contributed by atoms with Gasteiger partial charge in [0, 0.05) is 16.2 Å². The van der Waals surface area contributed by atoms with Gasteiger partial charge in [-0.15, -0.1) is 6.58 Å². The van der Waals surface area contributed by atoms with Crippen LogP contribution in [-0.2, 0) is 0 Å². The fraction of sp³-hybridized carbons (Fsp3) is 0.467. The molecule has 1 aliphatic carbocycles. The van der Waals surface area contributed by atoms with Crippen LogP contribution in [0.5, 0.6) is 0 Å². The molecule has 0 radical (unpaired) electrons. The van der Waals surface area contributed by atoms with E-state index in [-0.39, 0.29) is 0 Å². The van der Waals surface area contributed by atoms with E-state index in [4.69, 9.17) is 0 Å². The quantitative estimate of drug-likeness (QED) is 0.771. The third-order valence-corrected chi connectivity index (χ3v) is 4.10. The third kappa shape index (κ3) is 3.60. The number of hydrogen-bond acceptors (Lipinski definition) is 1. The lowest BCUT2D eigenvalue weighted by Gasteiger charge is -2.32. The SMILES string of the molecule is C=CCC1CCCCC1Nc1ccc(Br)cc1. The molecule has 0 spiro atoms. The first-order valence-corrected chi connectivity index (χ1v) is 7.22. The predicted octanol–water partition coefficient (Wildman–Crippen LogP) is 5.00. The molecule has 0 heterocycles. The van der Waals surface area contributed by atoms with Crippen molar-refractivity contribution in [3.63, 3.8) is 0 Å². The first kappa shape index (κ1) is 12.7. The molecule has 1 fully saturated rings. The number of allylic oxidation sites excluding steroid dienone is 1. The molecule has 2 atom stereocenters. The van der Waals surface area contributed by atoms with Gasteiger partial charge in [0.1, 0.15) is 0 Å². The molecule has 1 N–H and O–H groups in total. The smallest absolute Gasteiger partial charge is 0.0343 e. The van der Waals surface area contributed by atoms with E-state index in [2.05, 4.69) is 58.2 Å². The van der Waals surface area contributed by atoms with Crippen LogP contribution >= 0.6 is 15.9 Å². The van der Waals surface area contributed by atoms with Crippen molar-refractivity contribution in [1.29, 1.82) is 0 Å². The van der Waals surface area contributed by atoms with Gasteiger partial charge in [-0.05, 0) is 49.4 Å².